The van der Waals surface area contributed by atoms with E-state index in [2.05, 4.69) is 44.1 Å². The molecule has 1 unspecified atom stereocenters. The third-order valence-corrected chi connectivity index (χ3v) is 6.68. The predicted octanol–water partition coefficient (Wildman–Crippen LogP) is 4.23. The molecule has 6 heteroatoms. The van der Waals surface area contributed by atoms with Crippen LogP contribution in [0.5, 0.6) is 0 Å². The number of hydrogen-bond donors (Lipinski definition) is 0. The van der Waals surface area contributed by atoms with Crippen molar-refractivity contribution in [3.8, 4) is 11.3 Å². The number of fused-ring (bicyclic) bond motifs is 1. The van der Waals surface area contributed by atoms with Crippen molar-refractivity contribution in [1.29, 1.82) is 0 Å². The van der Waals surface area contributed by atoms with Crippen LogP contribution in [0.1, 0.15) is 19.3 Å². The number of nitrogens with zero attached hydrogens (tertiary/aromatic N) is 5. The molecule has 1 aliphatic carbocycles. The van der Waals surface area contributed by atoms with Gasteiger partial charge in [0.15, 0.2) is 5.82 Å². The minimum atomic E-state index is 0.831. The topological polar surface area (TPSA) is 45.2 Å². The van der Waals surface area contributed by atoms with Crippen molar-refractivity contribution in [2.24, 2.45) is 5.92 Å². The van der Waals surface area contributed by atoms with Crippen molar-refractivity contribution in [2.75, 3.05) is 37.6 Å². The Hall–Kier alpha value is -2.31. The molecule has 1 aromatic carbocycles. The number of rotatable bonds is 4. The van der Waals surface area contributed by atoms with Gasteiger partial charge in [-0.25, -0.2) is 9.97 Å². The first-order valence-corrected chi connectivity index (χ1v) is 10.9. The van der Waals surface area contributed by atoms with Crippen molar-refractivity contribution in [3.05, 3.63) is 48.8 Å². The summed E-state index contributed by atoms with van der Waals surface area (Å²) < 4.78 is 5.81. The van der Waals surface area contributed by atoms with E-state index < -0.39 is 0 Å². The van der Waals surface area contributed by atoms with E-state index in [9.17, 15) is 0 Å². The number of anilines is 1. The fourth-order valence-electron chi connectivity index (χ4n) is 4.29. The van der Waals surface area contributed by atoms with Crippen LogP contribution in [0.15, 0.2) is 48.8 Å². The minimum absolute atomic E-state index is 0.831. The predicted molar refractivity (Wildman–Crippen MR) is 116 cm³/mol. The average Bonchev–Trinajstić information content (AvgIpc) is 3.20. The quantitative estimate of drug-likeness (QED) is 0.623. The zero-order valence-corrected chi connectivity index (χ0v) is 16.8. The maximum atomic E-state index is 4.71. The van der Waals surface area contributed by atoms with Crippen LogP contribution in [-0.4, -0.2) is 52.0 Å². The maximum Gasteiger partial charge on any atom is 0.151 e. The molecule has 3 heterocycles. The summed E-state index contributed by atoms with van der Waals surface area (Å²) in [4.78, 5) is 14.2. The lowest BCUT2D eigenvalue weighted by atomic mass is 9.94. The fourth-order valence-corrected chi connectivity index (χ4v) is 5.17. The van der Waals surface area contributed by atoms with Crippen molar-refractivity contribution >= 4 is 27.6 Å². The van der Waals surface area contributed by atoms with E-state index in [0.29, 0.717) is 0 Å². The lowest BCUT2D eigenvalue weighted by Gasteiger charge is -2.37. The Balaban J connectivity index is 1.32. The normalized spacial score (nSPS) is 20.7. The van der Waals surface area contributed by atoms with E-state index in [1.54, 1.807) is 6.33 Å². The SMILES string of the molecule is C1=CCC(CN2CCN(c3ncnc4c(-c5ccccc5)nsc34)CC2)CC1. The van der Waals surface area contributed by atoms with Crippen molar-refractivity contribution in [1.82, 2.24) is 19.2 Å². The van der Waals surface area contributed by atoms with Gasteiger partial charge in [-0.05, 0) is 36.7 Å². The van der Waals surface area contributed by atoms with Gasteiger partial charge in [-0.2, -0.15) is 4.37 Å². The molecular weight excluding hydrogens is 366 g/mol. The largest absolute Gasteiger partial charge is 0.353 e. The van der Waals surface area contributed by atoms with Crippen LogP contribution in [0.2, 0.25) is 0 Å². The molecule has 2 aliphatic rings. The minimum Gasteiger partial charge on any atom is -0.353 e. The smallest absolute Gasteiger partial charge is 0.151 e. The van der Waals surface area contributed by atoms with Gasteiger partial charge in [-0.15, -0.1) is 0 Å². The molecule has 144 valence electrons. The van der Waals surface area contributed by atoms with Gasteiger partial charge < -0.3 is 4.90 Å². The van der Waals surface area contributed by atoms with Crippen LogP contribution < -0.4 is 4.90 Å². The Morgan fingerprint density at radius 2 is 1.86 bits per heavy atom. The Morgan fingerprint density at radius 1 is 1.00 bits per heavy atom. The van der Waals surface area contributed by atoms with E-state index >= 15 is 0 Å². The highest BCUT2D eigenvalue weighted by molar-refractivity contribution is 7.14. The molecular formula is C22H25N5S. The monoisotopic (exact) mass is 391 g/mol. The molecule has 1 fully saturated rings. The first-order valence-electron chi connectivity index (χ1n) is 10.2. The summed E-state index contributed by atoms with van der Waals surface area (Å²) in [5, 5.41) is 0. The highest BCUT2D eigenvalue weighted by atomic mass is 32.1. The molecule has 1 atom stereocenters. The van der Waals surface area contributed by atoms with Gasteiger partial charge in [-0.3, -0.25) is 4.90 Å². The first-order chi connectivity index (χ1) is 13.9. The number of piperazine rings is 1. The van der Waals surface area contributed by atoms with E-state index in [4.69, 9.17) is 4.37 Å². The lowest BCUT2D eigenvalue weighted by Crippen LogP contribution is -2.48. The zero-order valence-electron chi connectivity index (χ0n) is 16.0. The van der Waals surface area contributed by atoms with Crippen molar-refractivity contribution in [2.45, 2.75) is 19.3 Å². The molecule has 0 N–H and O–H groups in total. The Bertz CT molecular complexity index is 959. The summed E-state index contributed by atoms with van der Waals surface area (Å²) in [5.41, 5.74) is 3.05. The van der Waals surface area contributed by atoms with Crippen LogP contribution in [0.25, 0.3) is 21.5 Å². The molecule has 1 saturated heterocycles. The number of hydrogen-bond acceptors (Lipinski definition) is 6. The second-order valence-electron chi connectivity index (χ2n) is 7.71. The number of benzene rings is 1. The molecule has 0 saturated carbocycles. The molecule has 0 radical (unpaired) electrons. The third-order valence-electron chi connectivity index (χ3n) is 5.85. The Kier molecular flexibility index (Phi) is 5.06. The summed E-state index contributed by atoms with van der Waals surface area (Å²) in [6, 6.07) is 10.3. The van der Waals surface area contributed by atoms with E-state index in [0.717, 1.165) is 59.4 Å². The van der Waals surface area contributed by atoms with Gasteiger partial charge in [0.1, 0.15) is 22.2 Å². The zero-order chi connectivity index (χ0) is 18.8. The average molecular weight is 392 g/mol. The van der Waals surface area contributed by atoms with Gasteiger partial charge in [0.05, 0.1) is 0 Å². The van der Waals surface area contributed by atoms with Crippen LogP contribution in [0.3, 0.4) is 0 Å². The second kappa shape index (κ2) is 7.97. The van der Waals surface area contributed by atoms with Gasteiger partial charge in [0, 0.05) is 38.3 Å². The van der Waals surface area contributed by atoms with Crippen LogP contribution in [0.4, 0.5) is 5.82 Å². The standard InChI is InChI=1S/C22H25N5S/c1-3-7-17(8-4-1)15-26-11-13-27(14-12-26)22-21-20(23-16-24-22)19(25-28-21)18-9-5-2-6-10-18/h1-3,5-6,9-10,16-17H,4,7-8,11-15H2. The first kappa shape index (κ1) is 17.8. The molecule has 5 rings (SSSR count). The molecule has 1 aliphatic heterocycles. The second-order valence-corrected chi connectivity index (χ2v) is 8.48. The van der Waals surface area contributed by atoms with Crippen molar-refractivity contribution in [3.63, 3.8) is 0 Å². The molecule has 5 nitrogen and oxygen atoms in total. The highest BCUT2D eigenvalue weighted by Crippen LogP contribution is 2.34. The summed E-state index contributed by atoms with van der Waals surface area (Å²) in [7, 11) is 0. The molecule has 0 spiro atoms. The summed E-state index contributed by atoms with van der Waals surface area (Å²) in [6.07, 6.45) is 10.2. The molecule has 28 heavy (non-hydrogen) atoms. The summed E-state index contributed by atoms with van der Waals surface area (Å²) >= 11 is 1.52. The lowest BCUT2D eigenvalue weighted by molar-refractivity contribution is 0.211. The Labute approximate surface area is 169 Å². The summed E-state index contributed by atoms with van der Waals surface area (Å²) in [6.45, 7) is 5.49. The van der Waals surface area contributed by atoms with Gasteiger partial charge in [0.25, 0.3) is 0 Å². The highest BCUT2D eigenvalue weighted by Gasteiger charge is 2.24. The van der Waals surface area contributed by atoms with Gasteiger partial charge >= 0.3 is 0 Å². The number of aromatic nitrogens is 3. The van der Waals surface area contributed by atoms with Crippen molar-refractivity contribution < 1.29 is 0 Å². The Morgan fingerprint density at radius 3 is 2.64 bits per heavy atom. The molecule has 0 bridgehead atoms. The van der Waals surface area contributed by atoms with Gasteiger partial charge in [-0.1, -0.05) is 42.5 Å². The van der Waals surface area contributed by atoms with Gasteiger partial charge in [0.2, 0.25) is 0 Å². The number of allylic oxidation sites excluding steroid dienone is 2. The van der Waals surface area contributed by atoms with E-state index in [1.165, 1.54) is 37.3 Å². The maximum absolute atomic E-state index is 4.71. The van der Waals surface area contributed by atoms with Crippen LogP contribution >= 0.6 is 11.5 Å². The molecule has 2 aromatic heterocycles. The fraction of sp³-hybridized carbons (Fsp3) is 0.409. The third kappa shape index (κ3) is 3.54. The molecule has 3 aromatic rings. The van der Waals surface area contributed by atoms with Crippen LogP contribution in [-0.2, 0) is 0 Å². The summed E-state index contributed by atoms with van der Waals surface area (Å²) in [5.74, 6) is 1.88. The van der Waals surface area contributed by atoms with E-state index in [1.807, 2.05) is 18.2 Å². The molecule has 0 amide bonds. The van der Waals surface area contributed by atoms with Crippen LogP contribution in [0, 0.1) is 5.92 Å². The van der Waals surface area contributed by atoms with E-state index in [-0.39, 0.29) is 0 Å².